The third kappa shape index (κ3) is 4.01. The van der Waals surface area contributed by atoms with Crippen molar-refractivity contribution in [1.29, 1.82) is 0 Å². The van der Waals surface area contributed by atoms with Crippen molar-refractivity contribution >= 4 is 21.8 Å². The molecular formula is C14H18BrFN2O. The standard InChI is InChI=1S/C14H18BrFN2O/c15-5-8-17-6-2-7-18(10-9-17)14(19)12-3-1-4-13(16)11-12/h1,3-4,11H,2,5-10H2. The van der Waals surface area contributed by atoms with Crippen LogP contribution in [0.25, 0.3) is 0 Å². The van der Waals surface area contributed by atoms with Gasteiger partial charge in [0, 0.05) is 37.1 Å². The average Bonchev–Trinajstić information content (AvgIpc) is 2.64. The Balaban J connectivity index is 2.00. The minimum atomic E-state index is -0.360. The highest BCUT2D eigenvalue weighted by Crippen LogP contribution is 2.10. The molecule has 1 fully saturated rings. The highest BCUT2D eigenvalue weighted by Gasteiger charge is 2.20. The summed E-state index contributed by atoms with van der Waals surface area (Å²) < 4.78 is 13.2. The van der Waals surface area contributed by atoms with E-state index in [1.54, 1.807) is 12.1 Å². The lowest BCUT2D eigenvalue weighted by Crippen LogP contribution is -2.35. The lowest BCUT2D eigenvalue weighted by molar-refractivity contribution is 0.0761. The van der Waals surface area contributed by atoms with Crippen molar-refractivity contribution in [3.05, 3.63) is 35.6 Å². The molecule has 0 radical (unpaired) electrons. The second-order valence-corrected chi connectivity index (χ2v) is 5.48. The summed E-state index contributed by atoms with van der Waals surface area (Å²) in [6, 6.07) is 5.92. The summed E-state index contributed by atoms with van der Waals surface area (Å²) in [5, 5.41) is 0.949. The molecular weight excluding hydrogens is 311 g/mol. The lowest BCUT2D eigenvalue weighted by atomic mass is 10.2. The predicted octanol–water partition coefficient (Wildman–Crippen LogP) is 2.37. The molecule has 1 aromatic carbocycles. The summed E-state index contributed by atoms with van der Waals surface area (Å²) in [4.78, 5) is 16.5. The van der Waals surface area contributed by atoms with Crippen molar-refractivity contribution in [3.8, 4) is 0 Å². The molecule has 3 nitrogen and oxygen atoms in total. The van der Waals surface area contributed by atoms with Crippen LogP contribution in [0.3, 0.4) is 0 Å². The van der Waals surface area contributed by atoms with Gasteiger partial charge in [0.15, 0.2) is 0 Å². The number of alkyl halides is 1. The predicted molar refractivity (Wildman–Crippen MR) is 77.2 cm³/mol. The van der Waals surface area contributed by atoms with Crippen LogP contribution in [0.4, 0.5) is 4.39 Å². The third-order valence-corrected chi connectivity index (χ3v) is 3.70. The van der Waals surface area contributed by atoms with Crippen molar-refractivity contribution in [2.45, 2.75) is 6.42 Å². The van der Waals surface area contributed by atoms with Crippen molar-refractivity contribution in [1.82, 2.24) is 9.80 Å². The first-order valence-electron chi connectivity index (χ1n) is 6.54. The first kappa shape index (κ1) is 14.5. The fourth-order valence-electron chi connectivity index (χ4n) is 2.32. The molecule has 0 aromatic heterocycles. The molecule has 0 atom stereocenters. The molecule has 1 heterocycles. The maximum Gasteiger partial charge on any atom is 0.254 e. The molecule has 1 saturated heterocycles. The highest BCUT2D eigenvalue weighted by molar-refractivity contribution is 9.09. The van der Waals surface area contributed by atoms with Crippen molar-refractivity contribution in [3.63, 3.8) is 0 Å². The van der Waals surface area contributed by atoms with E-state index in [9.17, 15) is 9.18 Å². The van der Waals surface area contributed by atoms with Crippen LogP contribution in [0.2, 0.25) is 0 Å². The van der Waals surface area contributed by atoms with Crippen LogP contribution in [0.1, 0.15) is 16.8 Å². The maximum absolute atomic E-state index is 13.2. The fraction of sp³-hybridized carbons (Fsp3) is 0.500. The number of benzene rings is 1. The van der Waals surface area contributed by atoms with Crippen LogP contribution in [0.5, 0.6) is 0 Å². The van der Waals surface area contributed by atoms with Gasteiger partial charge in [0.1, 0.15) is 5.82 Å². The fourth-order valence-corrected chi connectivity index (χ4v) is 2.82. The molecule has 5 heteroatoms. The summed E-state index contributed by atoms with van der Waals surface area (Å²) in [6.07, 6.45) is 0.966. The van der Waals surface area contributed by atoms with Gasteiger partial charge in [0.2, 0.25) is 0 Å². The number of amides is 1. The van der Waals surface area contributed by atoms with E-state index >= 15 is 0 Å². The molecule has 1 amide bonds. The Labute approximate surface area is 121 Å². The Kier molecular flexibility index (Phi) is 5.34. The SMILES string of the molecule is O=C(c1cccc(F)c1)N1CCCN(CCBr)CC1. The van der Waals surface area contributed by atoms with Crippen LogP contribution in [-0.4, -0.2) is 53.8 Å². The largest absolute Gasteiger partial charge is 0.337 e. The quantitative estimate of drug-likeness (QED) is 0.795. The molecule has 0 aliphatic carbocycles. The van der Waals surface area contributed by atoms with Crippen LogP contribution in [0.15, 0.2) is 24.3 Å². The number of nitrogens with zero attached hydrogens (tertiary/aromatic N) is 2. The second kappa shape index (κ2) is 7.01. The Morgan fingerprint density at radius 1 is 1.26 bits per heavy atom. The lowest BCUT2D eigenvalue weighted by Gasteiger charge is -2.21. The van der Waals surface area contributed by atoms with Crippen LogP contribution in [-0.2, 0) is 0 Å². The van der Waals surface area contributed by atoms with E-state index < -0.39 is 0 Å². The van der Waals surface area contributed by atoms with Gasteiger partial charge in [0.25, 0.3) is 5.91 Å². The molecule has 1 aromatic rings. The highest BCUT2D eigenvalue weighted by atomic mass is 79.9. The van der Waals surface area contributed by atoms with Crippen molar-refractivity contribution < 1.29 is 9.18 Å². The van der Waals surface area contributed by atoms with Crippen LogP contribution >= 0.6 is 15.9 Å². The van der Waals surface area contributed by atoms with Gasteiger partial charge in [-0.3, -0.25) is 4.79 Å². The van der Waals surface area contributed by atoms with E-state index in [0.717, 1.165) is 37.9 Å². The monoisotopic (exact) mass is 328 g/mol. The van der Waals surface area contributed by atoms with Gasteiger partial charge < -0.3 is 9.80 Å². The van der Waals surface area contributed by atoms with Crippen molar-refractivity contribution in [2.75, 3.05) is 38.1 Å². The van der Waals surface area contributed by atoms with Gasteiger partial charge in [-0.05, 0) is 31.2 Å². The molecule has 0 bridgehead atoms. The summed E-state index contributed by atoms with van der Waals surface area (Å²) in [6.45, 7) is 4.35. The molecule has 104 valence electrons. The smallest absolute Gasteiger partial charge is 0.254 e. The topological polar surface area (TPSA) is 23.6 Å². The molecule has 0 N–H and O–H groups in total. The summed E-state index contributed by atoms with van der Waals surface area (Å²) in [7, 11) is 0. The maximum atomic E-state index is 13.2. The van der Waals surface area contributed by atoms with E-state index in [0.29, 0.717) is 12.1 Å². The van der Waals surface area contributed by atoms with Gasteiger partial charge in [-0.1, -0.05) is 22.0 Å². The van der Waals surface area contributed by atoms with E-state index in [2.05, 4.69) is 20.8 Å². The van der Waals surface area contributed by atoms with Gasteiger partial charge in [-0.25, -0.2) is 4.39 Å². The van der Waals surface area contributed by atoms with Gasteiger partial charge >= 0.3 is 0 Å². The minimum Gasteiger partial charge on any atom is -0.337 e. The third-order valence-electron chi connectivity index (χ3n) is 3.35. The van der Waals surface area contributed by atoms with E-state index in [4.69, 9.17) is 0 Å². The van der Waals surface area contributed by atoms with Gasteiger partial charge in [-0.2, -0.15) is 0 Å². The Hall–Kier alpha value is -0.940. The summed E-state index contributed by atoms with van der Waals surface area (Å²) in [5.41, 5.74) is 0.439. The minimum absolute atomic E-state index is 0.0693. The Bertz CT molecular complexity index is 441. The molecule has 0 saturated carbocycles. The average molecular weight is 329 g/mol. The normalized spacial score (nSPS) is 17.3. The van der Waals surface area contributed by atoms with Crippen LogP contribution in [0, 0.1) is 5.82 Å². The first-order valence-corrected chi connectivity index (χ1v) is 7.66. The second-order valence-electron chi connectivity index (χ2n) is 4.69. The molecule has 1 aliphatic heterocycles. The Morgan fingerprint density at radius 2 is 2.11 bits per heavy atom. The van der Waals surface area contributed by atoms with Crippen molar-refractivity contribution in [2.24, 2.45) is 0 Å². The zero-order valence-electron chi connectivity index (χ0n) is 10.8. The number of hydrogen-bond acceptors (Lipinski definition) is 2. The van der Waals surface area contributed by atoms with E-state index in [1.165, 1.54) is 12.1 Å². The zero-order valence-corrected chi connectivity index (χ0v) is 12.4. The van der Waals surface area contributed by atoms with Gasteiger partial charge in [-0.15, -0.1) is 0 Å². The van der Waals surface area contributed by atoms with Gasteiger partial charge in [0.05, 0.1) is 0 Å². The molecule has 0 spiro atoms. The summed E-state index contributed by atoms with van der Waals surface area (Å²) >= 11 is 3.44. The summed E-state index contributed by atoms with van der Waals surface area (Å²) in [5.74, 6) is -0.429. The number of carbonyl (C=O) groups is 1. The molecule has 2 rings (SSSR count). The zero-order chi connectivity index (χ0) is 13.7. The molecule has 1 aliphatic rings. The number of hydrogen-bond donors (Lipinski definition) is 0. The number of carbonyl (C=O) groups excluding carboxylic acids is 1. The number of halogens is 2. The Morgan fingerprint density at radius 3 is 2.84 bits per heavy atom. The van der Waals surface area contributed by atoms with E-state index in [1.807, 2.05) is 4.90 Å². The van der Waals surface area contributed by atoms with Crippen LogP contribution < -0.4 is 0 Å². The molecule has 19 heavy (non-hydrogen) atoms. The number of rotatable bonds is 3. The molecule has 0 unspecified atom stereocenters. The first-order chi connectivity index (χ1) is 9.20. The van der Waals surface area contributed by atoms with E-state index in [-0.39, 0.29) is 11.7 Å².